The minimum absolute atomic E-state index is 0.0606. The summed E-state index contributed by atoms with van der Waals surface area (Å²) >= 11 is 1.48. The lowest BCUT2D eigenvalue weighted by Crippen LogP contribution is -2.13. The van der Waals surface area contributed by atoms with Gasteiger partial charge >= 0.3 is 6.18 Å². The van der Waals surface area contributed by atoms with Gasteiger partial charge in [0.2, 0.25) is 0 Å². The molecular formula is C15H10F3N3OS. The van der Waals surface area contributed by atoms with Crippen molar-refractivity contribution in [3.05, 3.63) is 59.1 Å². The number of nitrogens with zero attached hydrogens (tertiary/aromatic N) is 1. The van der Waals surface area contributed by atoms with Crippen LogP contribution >= 0.6 is 11.3 Å². The van der Waals surface area contributed by atoms with Crippen molar-refractivity contribution < 1.29 is 18.0 Å². The Bertz CT molecular complexity index is 825. The van der Waals surface area contributed by atoms with E-state index in [1.54, 1.807) is 6.07 Å². The second-order valence-electron chi connectivity index (χ2n) is 4.68. The molecule has 2 aromatic heterocycles. The molecule has 0 atom stereocenters. The smallest absolute Gasteiger partial charge is 0.321 e. The average molecular weight is 337 g/mol. The van der Waals surface area contributed by atoms with Crippen LogP contribution in [-0.4, -0.2) is 16.1 Å². The third-order valence-electron chi connectivity index (χ3n) is 3.04. The molecule has 0 unspecified atom stereocenters. The van der Waals surface area contributed by atoms with Crippen LogP contribution in [0.25, 0.3) is 10.6 Å². The van der Waals surface area contributed by atoms with Crippen LogP contribution in [0.5, 0.6) is 0 Å². The number of carbonyl (C=O) groups excluding carboxylic acids is 1. The van der Waals surface area contributed by atoms with Gasteiger partial charge in [-0.15, -0.1) is 11.3 Å². The Morgan fingerprint density at radius 3 is 2.70 bits per heavy atom. The molecule has 4 nitrogen and oxygen atoms in total. The van der Waals surface area contributed by atoms with Crippen LogP contribution < -0.4 is 5.32 Å². The molecule has 3 aromatic rings. The van der Waals surface area contributed by atoms with E-state index in [9.17, 15) is 18.0 Å². The molecule has 118 valence electrons. The number of aromatic amines is 1. The number of hydrogen-bond acceptors (Lipinski definition) is 3. The topological polar surface area (TPSA) is 57.8 Å². The van der Waals surface area contributed by atoms with Gasteiger partial charge in [-0.3, -0.25) is 9.89 Å². The first-order chi connectivity index (χ1) is 10.9. The van der Waals surface area contributed by atoms with Gasteiger partial charge in [-0.1, -0.05) is 12.1 Å². The van der Waals surface area contributed by atoms with Crippen molar-refractivity contribution in [3.63, 3.8) is 0 Å². The van der Waals surface area contributed by atoms with Gasteiger partial charge in [0.15, 0.2) is 5.69 Å². The van der Waals surface area contributed by atoms with Crippen LogP contribution in [0.1, 0.15) is 16.1 Å². The fourth-order valence-electron chi connectivity index (χ4n) is 1.96. The van der Waals surface area contributed by atoms with Gasteiger partial charge in [0.05, 0.1) is 16.1 Å². The molecule has 3 rings (SSSR count). The summed E-state index contributed by atoms with van der Waals surface area (Å²) in [4.78, 5) is 13.0. The lowest BCUT2D eigenvalue weighted by molar-refractivity contribution is -0.137. The molecule has 0 saturated heterocycles. The molecule has 23 heavy (non-hydrogen) atoms. The average Bonchev–Trinajstić information content (AvgIpc) is 3.18. The highest BCUT2D eigenvalue weighted by Gasteiger charge is 2.30. The predicted octanol–water partition coefficient (Wildman–Crippen LogP) is 4.41. The Morgan fingerprint density at radius 2 is 2.00 bits per heavy atom. The number of nitrogens with one attached hydrogen (secondary N) is 2. The van der Waals surface area contributed by atoms with Crippen LogP contribution in [-0.2, 0) is 6.18 Å². The van der Waals surface area contributed by atoms with E-state index < -0.39 is 17.6 Å². The van der Waals surface area contributed by atoms with E-state index in [-0.39, 0.29) is 11.4 Å². The molecule has 0 saturated carbocycles. The summed E-state index contributed by atoms with van der Waals surface area (Å²) in [5.41, 5.74) is 0.0158. The van der Waals surface area contributed by atoms with Gasteiger partial charge in [0, 0.05) is 5.69 Å². The van der Waals surface area contributed by atoms with Crippen LogP contribution in [0.3, 0.4) is 0 Å². The fraction of sp³-hybridized carbons (Fsp3) is 0.0667. The van der Waals surface area contributed by atoms with Gasteiger partial charge in [-0.2, -0.15) is 18.3 Å². The highest BCUT2D eigenvalue weighted by Crippen LogP contribution is 2.30. The third kappa shape index (κ3) is 3.42. The van der Waals surface area contributed by atoms with E-state index in [1.165, 1.54) is 23.5 Å². The Kier molecular flexibility index (Phi) is 3.91. The normalized spacial score (nSPS) is 11.4. The lowest BCUT2D eigenvalue weighted by atomic mass is 10.2. The summed E-state index contributed by atoms with van der Waals surface area (Å²) in [6, 6.07) is 9.73. The predicted molar refractivity (Wildman–Crippen MR) is 81.3 cm³/mol. The van der Waals surface area contributed by atoms with Crippen molar-refractivity contribution in [2.45, 2.75) is 6.18 Å². The first-order valence-electron chi connectivity index (χ1n) is 6.51. The minimum Gasteiger partial charge on any atom is -0.321 e. The molecule has 0 aliphatic rings. The summed E-state index contributed by atoms with van der Waals surface area (Å²) in [5, 5.41) is 10.9. The zero-order valence-corrected chi connectivity index (χ0v) is 12.3. The third-order valence-corrected chi connectivity index (χ3v) is 3.95. The number of amides is 1. The molecular weight excluding hydrogens is 327 g/mol. The van der Waals surface area contributed by atoms with Crippen LogP contribution in [0.15, 0.2) is 47.8 Å². The molecule has 8 heteroatoms. The first kappa shape index (κ1) is 15.3. The maximum absolute atomic E-state index is 12.7. The SMILES string of the molecule is O=C(Nc1cccc(C(F)(F)F)c1)c1cc(-c2cccs2)[nH]n1. The summed E-state index contributed by atoms with van der Waals surface area (Å²) in [5.74, 6) is -0.580. The minimum atomic E-state index is -4.46. The molecule has 0 fully saturated rings. The Morgan fingerprint density at radius 1 is 1.17 bits per heavy atom. The largest absolute Gasteiger partial charge is 0.416 e. The van der Waals surface area contributed by atoms with Crippen molar-refractivity contribution in [1.82, 2.24) is 10.2 Å². The molecule has 1 aromatic carbocycles. The van der Waals surface area contributed by atoms with Crippen LogP contribution in [0.2, 0.25) is 0 Å². The zero-order valence-electron chi connectivity index (χ0n) is 11.5. The number of aromatic nitrogens is 2. The van der Waals surface area contributed by atoms with Gasteiger partial charge in [-0.25, -0.2) is 0 Å². The van der Waals surface area contributed by atoms with Crippen molar-refractivity contribution >= 4 is 22.9 Å². The first-order valence-corrected chi connectivity index (χ1v) is 7.39. The molecule has 2 N–H and O–H groups in total. The van der Waals surface area contributed by atoms with E-state index in [4.69, 9.17) is 0 Å². The summed E-state index contributed by atoms with van der Waals surface area (Å²) < 4.78 is 38.0. The molecule has 0 aliphatic carbocycles. The summed E-state index contributed by atoms with van der Waals surface area (Å²) in [7, 11) is 0. The number of benzene rings is 1. The van der Waals surface area contributed by atoms with Crippen LogP contribution in [0.4, 0.5) is 18.9 Å². The standard InChI is InChI=1S/C15H10F3N3OS/c16-15(17,18)9-3-1-4-10(7-9)19-14(22)12-8-11(20-21-12)13-5-2-6-23-13/h1-8H,(H,19,22)(H,20,21). The van der Waals surface area contributed by atoms with Gasteiger partial charge in [0.1, 0.15) is 0 Å². The highest BCUT2D eigenvalue weighted by molar-refractivity contribution is 7.13. The molecule has 0 bridgehead atoms. The lowest BCUT2D eigenvalue weighted by Gasteiger charge is -2.09. The van der Waals surface area contributed by atoms with Gasteiger partial charge in [0.25, 0.3) is 5.91 Å². The molecule has 0 aliphatic heterocycles. The number of anilines is 1. The van der Waals surface area contributed by atoms with Crippen molar-refractivity contribution in [2.24, 2.45) is 0 Å². The van der Waals surface area contributed by atoms with Crippen LogP contribution in [0, 0.1) is 0 Å². The van der Waals surface area contributed by atoms with E-state index >= 15 is 0 Å². The van der Waals surface area contributed by atoms with E-state index in [1.807, 2.05) is 17.5 Å². The number of halogens is 3. The molecule has 2 heterocycles. The number of H-pyrrole nitrogens is 1. The quantitative estimate of drug-likeness (QED) is 0.744. The van der Waals surface area contributed by atoms with E-state index in [0.717, 1.165) is 17.0 Å². The fourth-order valence-corrected chi connectivity index (χ4v) is 2.66. The number of alkyl halides is 3. The second kappa shape index (κ2) is 5.88. The maximum Gasteiger partial charge on any atom is 0.416 e. The Balaban J connectivity index is 1.77. The van der Waals surface area contributed by atoms with E-state index in [0.29, 0.717) is 5.69 Å². The number of rotatable bonds is 3. The van der Waals surface area contributed by atoms with Gasteiger partial charge in [-0.05, 0) is 35.7 Å². The number of hydrogen-bond donors (Lipinski definition) is 2. The number of carbonyl (C=O) groups is 1. The molecule has 0 radical (unpaired) electrons. The number of thiophene rings is 1. The zero-order chi connectivity index (χ0) is 16.4. The highest BCUT2D eigenvalue weighted by atomic mass is 32.1. The Labute approximate surface area is 133 Å². The molecule has 0 spiro atoms. The monoisotopic (exact) mass is 337 g/mol. The van der Waals surface area contributed by atoms with Crippen molar-refractivity contribution in [1.29, 1.82) is 0 Å². The maximum atomic E-state index is 12.7. The van der Waals surface area contributed by atoms with E-state index in [2.05, 4.69) is 15.5 Å². The van der Waals surface area contributed by atoms with Gasteiger partial charge < -0.3 is 5.32 Å². The molecule has 1 amide bonds. The summed E-state index contributed by atoms with van der Waals surface area (Å²) in [6.07, 6.45) is -4.46. The van der Waals surface area contributed by atoms with Crippen molar-refractivity contribution in [2.75, 3.05) is 5.32 Å². The summed E-state index contributed by atoms with van der Waals surface area (Å²) in [6.45, 7) is 0. The second-order valence-corrected chi connectivity index (χ2v) is 5.62. The van der Waals surface area contributed by atoms with Crippen molar-refractivity contribution in [3.8, 4) is 10.6 Å². The Hall–Kier alpha value is -2.61.